The van der Waals surface area contributed by atoms with Crippen LogP contribution in [0.15, 0.2) is 18.2 Å². The minimum Gasteiger partial charge on any atom is -0.491 e. The van der Waals surface area contributed by atoms with E-state index in [0.29, 0.717) is 40.7 Å². The predicted molar refractivity (Wildman–Crippen MR) is 125 cm³/mol. The van der Waals surface area contributed by atoms with Crippen LogP contribution in [-0.4, -0.2) is 45.8 Å². The van der Waals surface area contributed by atoms with Gasteiger partial charge in [0, 0.05) is 12.5 Å². The van der Waals surface area contributed by atoms with Crippen molar-refractivity contribution in [1.82, 2.24) is 20.1 Å². The summed E-state index contributed by atoms with van der Waals surface area (Å²) in [6.07, 6.45) is 9.54. The first kappa shape index (κ1) is 22.2. The summed E-state index contributed by atoms with van der Waals surface area (Å²) in [5.74, 6) is 2.20. The Labute approximate surface area is 198 Å². The van der Waals surface area contributed by atoms with E-state index >= 15 is 0 Å². The van der Waals surface area contributed by atoms with Gasteiger partial charge in [0.1, 0.15) is 12.4 Å². The first-order chi connectivity index (χ1) is 16.1. The fourth-order valence-corrected chi connectivity index (χ4v) is 5.07. The molecule has 176 valence electrons. The molecule has 2 aromatic rings. The maximum absolute atomic E-state index is 12.8. The van der Waals surface area contributed by atoms with Crippen molar-refractivity contribution >= 4 is 29.4 Å². The summed E-state index contributed by atoms with van der Waals surface area (Å²) in [5.41, 5.74) is 0.336. The van der Waals surface area contributed by atoms with Crippen LogP contribution in [0.1, 0.15) is 84.7 Å². The SMILES string of the molecule is O=C(NCC1CCC1)c1c(Cl)cccc1OCC1CC(=O)n2nc(C3CCCCC3)nc2N1. The quantitative estimate of drug-likeness (QED) is 0.620. The van der Waals surface area contributed by atoms with E-state index in [2.05, 4.69) is 20.7 Å². The Morgan fingerprint density at radius 1 is 1.18 bits per heavy atom. The van der Waals surface area contributed by atoms with Crippen molar-refractivity contribution in [3.8, 4) is 5.75 Å². The molecular weight excluding hydrogens is 442 g/mol. The molecule has 8 nitrogen and oxygen atoms in total. The van der Waals surface area contributed by atoms with Crippen LogP contribution in [0, 0.1) is 5.92 Å². The van der Waals surface area contributed by atoms with Crippen LogP contribution in [0.4, 0.5) is 5.95 Å². The van der Waals surface area contributed by atoms with Crippen LogP contribution in [0.3, 0.4) is 0 Å². The van der Waals surface area contributed by atoms with Crippen LogP contribution in [0.5, 0.6) is 5.75 Å². The van der Waals surface area contributed by atoms with Crippen LogP contribution >= 0.6 is 11.6 Å². The van der Waals surface area contributed by atoms with E-state index < -0.39 is 0 Å². The summed E-state index contributed by atoms with van der Waals surface area (Å²) in [6.45, 7) is 0.863. The smallest absolute Gasteiger partial charge is 0.256 e. The first-order valence-electron chi connectivity index (χ1n) is 12.0. The molecule has 1 atom stereocenters. The van der Waals surface area contributed by atoms with Gasteiger partial charge < -0.3 is 15.4 Å². The molecule has 5 rings (SSSR count). The average molecular weight is 472 g/mol. The van der Waals surface area contributed by atoms with Crippen LogP contribution in [0.25, 0.3) is 0 Å². The van der Waals surface area contributed by atoms with Gasteiger partial charge in [-0.15, -0.1) is 5.10 Å². The standard InChI is InChI=1S/C24H30ClN5O3/c25-18-10-5-11-19(21(18)23(32)26-13-15-6-4-7-15)33-14-17-12-20(31)30-24(27-17)28-22(29-30)16-8-2-1-3-9-16/h5,10-11,15-17H,1-4,6-9,12-14H2,(H,26,32)(H,27,28,29). The molecule has 1 aromatic carbocycles. The molecule has 1 aromatic heterocycles. The van der Waals surface area contributed by atoms with Crippen molar-refractivity contribution in [2.45, 2.75) is 69.7 Å². The lowest BCUT2D eigenvalue weighted by molar-refractivity contribution is 0.0856. The monoisotopic (exact) mass is 471 g/mol. The number of anilines is 1. The van der Waals surface area contributed by atoms with Gasteiger partial charge >= 0.3 is 0 Å². The fraction of sp³-hybridized carbons (Fsp3) is 0.583. The molecule has 2 fully saturated rings. The number of aromatic nitrogens is 3. The molecule has 33 heavy (non-hydrogen) atoms. The van der Waals surface area contributed by atoms with E-state index in [4.69, 9.17) is 16.3 Å². The third-order valence-corrected chi connectivity index (χ3v) is 7.32. The van der Waals surface area contributed by atoms with E-state index in [1.165, 1.54) is 30.4 Å². The maximum atomic E-state index is 12.8. The topological polar surface area (TPSA) is 98.1 Å². The van der Waals surface area contributed by atoms with Crippen molar-refractivity contribution in [3.05, 3.63) is 34.6 Å². The first-order valence-corrected chi connectivity index (χ1v) is 12.4. The second-order valence-electron chi connectivity index (χ2n) is 9.41. The Balaban J connectivity index is 1.24. The van der Waals surface area contributed by atoms with Crippen LogP contribution in [-0.2, 0) is 0 Å². The highest BCUT2D eigenvalue weighted by molar-refractivity contribution is 6.34. The van der Waals surface area contributed by atoms with Crippen molar-refractivity contribution < 1.29 is 14.3 Å². The van der Waals surface area contributed by atoms with Crippen molar-refractivity contribution in [2.75, 3.05) is 18.5 Å². The summed E-state index contributed by atoms with van der Waals surface area (Å²) >= 11 is 6.34. The number of halogens is 1. The summed E-state index contributed by atoms with van der Waals surface area (Å²) in [5, 5.41) is 11.1. The molecular formula is C24H30ClN5O3. The van der Waals surface area contributed by atoms with Gasteiger partial charge in [-0.05, 0) is 43.7 Å². The highest BCUT2D eigenvalue weighted by Gasteiger charge is 2.31. The van der Waals surface area contributed by atoms with Gasteiger partial charge in [0.05, 0.1) is 23.0 Å². The van der Waals surface area contributed by atoms with Crippen LogP contribution < -0.4 is 15.4 Å². The molecule has 3 aliphatic rings. The lowest BCUT2D eigenvalue weighted by Gasteiger charge is -2.26. The minimum absolute atomic E-state index is 0.100. The number of nitrogens with one attached hydrogen (secondary N) is 2. The third-order valence-electron chi connectivity index (χ3n) is 7.00. The molecule has 0 radical (unpaired) electrons. The van der Waals surface area contributed by atoms with Gasteiger partial charge in [0.15, 0.2) is 5.82 Å². The lowest BCUT2D eigenvalue weighted by atomic mass is 9.85. The number of hydrogen-bond acceptors (Lipinski definition) is 6. The third kappa shape index (κ3) is 4.86. The number of benzene rings is 1. The number of carbonyl (C=O) groups excluding carboxylic acids is 2. The van der Waals surface area contributed by atoms with Gasteiger partial charge in [0.2, 0.25) is 5.95 Å². The van der Waals surface area contributed by atoms with E-state index in [9.17, 15) is 9.59 Å². The second-order valence-corrected chi connectivity index (χ2v) is 9.82. The largest absolute Gasteiger partial charge is 0.491 e. The van der Waals surface area contributed by atoms with Crippen molar-refractivity contribution in [1.29, 1.82) is 0 Å². The predicted octanol–water partition coefficient (Wildman–Crippen LogP) is 4.41. The van der Waals surface area contributed by atoms with Gasteiger partial charge in [-0.3, -0.25) is 9.59 Å². The maximum Gasteiger partial charge on any atom is 0.256 e. The van der Waals surface area contributed by atoms with Crippen molar-refractivity contribution in [2.24, 2.45) is 5.92 Å². The lowest BCUT2D eigenvalue weighted by Crippen LogP contribution is -2.38. The van der Waals surface area contributed by atoms with Gasteiger partial charge in [-0.1, -0.05) is 43.4 Å². The minimum atomic E-state index is -0.265. The molecule has 1 aliphatic heterocycles. The normalized spacial score (nSPS) is 21.1. The molecule has 9 heteroatoms. The molecule has 0 spiro atoms. The molecule has 0 saturated heterocycles. The number of amides is 1. The van der Waals surface area contributed by atoms with E-state index in [1.54, 1.807) is 18.2 Å². The Morgan fingerprint density at radius 2 is 2.00 bits per heavy atom. The number of hydrogen-bond donors (Lipinski definition) is 2. The second kappa shape index (κ2) is 9.71. The molecule has 1 amide bonds. The van der Waals surface area contributed by atoms with E-state index in [-0.39, 0.29) is 30.9 Å². The number of nitrogens with zero attached hydrogens (tertiary/aromatic N) is 3. The summed E-state index contributed by atoms with van der Waals surface area (Å²) < 4.78 is 7.38. The Kier molecular flexibility index (Phi) is 6.53. The molecule has 2 saturated carbocycles. The van der Waals surface area contributed by atoms with E-state index in [1.807, 2.05) is 0 Å². The molecule has 0 bridgehead atoms. The zero-order valence-electron chi connectivity index (χ0n) is 18.7. The van der Waals surface area contributed by atoms with Gasteiger partial charge in [-0.25, -0.2) is 0 Å². The Hall–Kier alpha value is -2.61. The number of rotatable bonds is 7. The highest BCUT2D eigenvalue weighted by atomic mass is 35.5. The highest BCUT2D eigenvalue weighted by Crippen LogP contribution is 2.32. The Morgan fingerprint density at radius 3 is 2.76 bits per heavy atom. The average Bonchev–Trinajstić information content (AvgIpc) is 3.22. The number of carbonyl (C=O) groups is 2. The van der Waals surface area contributed by atoms with Crippen LogP contribution in [0.2, 0.25) is 5.02 Å². The Bertz CT molecular complexity index is 1030. The van der Waals surface area contributed by atoms with Crippen molar-refractivity contribution in [3.63, 3.8) is 0 Å². The number of fused-ring (bicyclic) bond motifs is 1. The summed E-state index contributed by atoms with van der Waals surface area (Å²) in [6, 6.07) is 4.91. The number of ether oxygens (including phenoxy) is 1. The fourth-order valence-electron chi connectivity index (χ4n) is 4.82. The molecule has 1 unspecified atom stereocenters. The molecule has 2 heterocycles. The zero-order chi connectivity index (χ0) is 22.8. The van der Waals surface area contributed by atoms with Gasteiger partial charge in [-0.2, -0.15) is 9.67 Å². The van der Waals surface area contributed by atoms with Gasteiger partial charge in [0.25, 0.3) is 11.8 Å². The summed E-state index contributed by atoms with van der Waals surface area (Å²) in [4.78, 5) is 30.1. The molecule has 2 N–H and O–H groups in total. The zero-order valence-corrected chi connectivity index (χ0v) is 19.4. The van der Waals surface area contributed by atoms with E-state index in [0.717, 1.165) is 31.5 Å². The summed E-state index contributed by atoms with van der Waals surface area (Å²) in [7, 11) is 0. The molecule has 2 aliphatic carbocycles.